The zero-order chi connectivity index (χ0) is 25.0. The molecule has 1 N–H and O–H groups in total. The smallest absolute Gasteiger partial charge is 0.412 e. The molecule has 182 valence electrons. The molecule has 1 amide bonds. The number of fused-ring (bicyclic) bond motifs is 2. The van der Waals surface area contributed by atoms with Gasteiger partial charge in [0.2, 0.25) is 5.89 Å². The number of nitrogens with zero attached hydrogens (tertiary/aromatic N) is 7. The first-order valence-electron chi connectivity index (χ1n) is 11.0. The first-order chi connectivity index (χ1) is 17.3. The number of rotatable bonds is 3. The number of aromatic amines is 1. The lowest BCUT2D eigenvalue weighted by Crippen LogP contribution is -2.41. The van der Waals surface area contributed by atoms with Gasteiger partial charge in [0.05, 0.1) is 34.4 Å². The number of hydrogen-bond donors (Lipinski definition) is 1. The molecule has 1 atom stereocenters. The number of H-pyrrole nitrogens is 1. The molecule has 0 saturated heterocycles. The molecule has 0 unspecified atom stereocenters. The Hall–Kier alpha value is -4.55. The van der Waals surface area contributed by atoms with Crippen molar-refractivity contribution in [2.45, 2.75) is 25.6 Å². The number of amides is 1. The van der Waals surface area contributed by atoms with E-state index in [1.54, 1.807) is 25.3 Å². The fourth-order valence-electron chi connectivity index (χ4n) is 4.45. The number of aryl methyl sites for hydroxylation is 1. The Morgan fingerprint density at radius 1 is 1.19 bits per heavy atom. The van der Waals surface area contributed by atoms with Crippen LogP contribution in [0.15, 0.2) is 53.5 Å². The van der Waals surface area contributed by atoms with Crippen LogP contribution >= 0.6 is 0 Å². The predicted octanol–water partition coefficient (Wildman–Crippen LogP) is 3.62. The molecule has 5 aromatic rings. The normalized spacial score (nSPS) is 15.9. The number of imidazole rings is 1. The molecule has 0 bridgehead atoms. The number of alkyl halides is 3. The Morgan fingerprint density at radius 3 is 2.86 bits per heavy atom. The summed E-state index contributed by atoms with van der Waals surface area (Å²) < 4.78 is 47.6. The topological polar surface area (TPSA) is 118 Å². The standard InChI is InChI=1S/C23H17F3N8O2/c1-12-13(4-2-7-27-12)20-30-31-21(36-20)22(35)33-9-6-15-18(29-11-28-15)19(33)16-10-17-14(23(24,25)26)5-3-8-34(17)32-16/h2-5,7-8,10-11,19H,6,9H2,1H3,(H,28,29)/t19-/m0/s1. The van der Waals surface area contributed by atoms with Crippen LogP contribution in [0.1, 0.15) is 45.1 Å². The van der Waals surface area contributed by atoms with Crippen molar-refractivity contribution in [3.63, 3.8) is 0 Å². The van der Waals surface area contributed by atoms with E-state index >= 15 is 0 Å². The van der Waals surface area contributed by atoms with Crippen LogP contribution in [0.4, 0.5) is 13.2 Å². The minimum absolute atomic E-state index is 0.123. The summed E-state index contributed by atoms with van der Waals surface area (Å²) in [5.41, 5.74) is 1.80. The van der Waals surface area contributed by atoms with Gasteiger partial charge in [-0.25, -0.2) is 9.50 Å². The van der Waals surface area contributed by atoms with Gasteiger partial charge in [-0.15, -0.1) is 10.2 Å². The lowest BCUT2D eigenvalue weighted by atomic mass is 9.99. The first kappa shape index (κ1) is 21.9. The molecule has 0 radical (unpaired) electrons. The van der Waals surface area contributed by atoms with Gasteiger partial charge >= 0.3 is 18.0 Å². The lowest BCUT2D eigenvalue weighted by molar-refractivity contribution is -0.136. The summed E-state index contributed by atoms with van der Waals surface area (Å²) in [6, 6.07) is 6.20. The molecule has 0 spiro atoms. The van der Waals surface area contributed by atoms with Crippen LogP contribution in [0.3, 0.4) is 0 Å². The Balaban J connectivity index is 1.42. The van der Waals surface area contributed by atoms with Crippen LogP contribution in [0.2, 0.25) is 0 Å². The monoisotopic (exact) mass is 494 g/mol. The van der Waals surface area contributed by atoms with Crippen LogP contribution < -0.4 is 0 Å². The Kier molecular flexibility index (Phi) is 4.88. The van der Waals surface area contributed by atoms with Crippen molar-refractivity contribution in [1.29, 1.82) is 0 Å². The van der Waals surface area contributed by atoms with Crippen LogP contribution in [0.25, 0.3) is 17.0 Å². The zero-order valence-corrected chi connectivity index (χ0v) is 18.7. The fourth-order valence-corrected chi connectivity index (χ4v) is 4.45. The van der Waals surface area contributed by atoms with Crippen LogP contribution in [-0.4, -0.2) is 52.1 Å². The van der Waals surface area contributed by atoms with Crippen LogP contribution in [0.5, 0.6) is 0 Å². The molecule has 1 aliphatic rings. The van der Waals surface area contributed by atoms with E-state index in [9.17, 15) is 18.0 Å². The maximum Gasteiger partial charge on any atom is 0.418 e. The van der Waals surface area contributed by atoms with Crippen molar-refractivity contribution in [3.8, 4) is 11.5 Å². The first-order valence-corrected chi connectivity index (χ1v) is 11.0. The highest BCUT2D eigenvalue weighted by Crippen LogP contribution is 2.37. The van der Waals surface area contributed by atoms with Crippen molar-refractivity contribution in [2.24, 2.45) is 0 Å². The number of carbonyl (C=O) groups excluding carboxylic acids is 1. The highest BCUT2D eigenvalue weighted by Gasteiger charge is 2.39. The van der Waals surface area contributed by atoms with Gasteiger partial charge in [-0.05, 0) is 37.3 Å². The minimum Gasteiger partial charge on any atom is -0.412 e. The van der Waals surface area contributed by atoms with E-state index in [1.807, 2.05) is 0 Å². The number of nitrogens with one attached hydrogen (secondary N) is 1. The second kappa shape index (κ2) is 8.00. The summed E-state index contributed by atoms with van der Waals surface area (Å²) in [6.07, 6.45) is 0.430. The van der Waals surface area contributed by atoms with E-state index in [2.05, 4.69) is 30.2 Å². The van der Waals surface area contributed by atoms with Crippen molar-refractivity contribution in [1.82, 2.24) is 39.7 Å². The molecular formula is C23H17F3N8O2. The molecule has 10 nitrogen and oxygen atoms in total. The summed E-state index contributed by atoms with van der Waals surface area (Å²) >= 11 is 0. The second-order valence-corrected chi connectivity index (χ2v) is 8.28. The van der Waals surface area contributed by atoms with Gasteiger partial charge < -0.3 is 14.3 Å². The summed E-state index contributed by atoms with van der Waals surface area (Å²) in [5, 5.41) is 12.3. The average Bonchev–Trinajstić information content (AvgIpc) is 3.61. The van der Waals surface area contributed by atoms with Gasteiger partial charge in [-0.2, -0.15) is 18.3 Å². The molecule has 5 aromatic heterocycles. The maximum absolute atomic E-state index is 13.6. The van der Waals surface area contributed by atoms with E-state index in [4.69, 9.17) is 4.42 Å². The number of pyridine rings is 2. The predicted molar refractivity (Wildman–Crippen MR) is 118 cm³/mol. The van der Waals surface area contributed by atoms with Crippen LogP contribution in [-0.2, 0) is 12.6 Å². The number of aromatic nitrogens is 7. The molecule has 6 rings (SSSR count). The third kappa shape index (κ3) is 3.51. The Morgan fingerprint density at radius 2 is 2.06 bits per heavy atom. The quantitative estimate of drug-likeness (QED) is 0.407. The summed E-state index contributed by atoms with van der Waals surface area (Å²) in [5.74, 6) is -0.695. The zero-order valence-electron chi connectivity index (χ0n) is 18.7. The minimum atomic E-state index is -4.57. The fraction of sp³-hybridized carbons (Fsp3) is 0.217. The largest absolute Gasteiger partial charge is 0.418 e. The van der Waals surface area contributed by atoms with Gasteiger partial charge in [0.15, 0.2) is 0 Å². The molecule has 0 aliphatic carbocycles. The maximum atomic E-state index is 13.6. The van der Waals surface area contributed by atoms with E-state index in [0.29, 0.717) is 23.4 Å². The lowest BCUT2D eigenvalue weighted by Gasteiger charge is -2.32. The molecule has 0 fully saturated rings. The second-order valence-electron chi connectivity index (χ2n) is 8.28. The van der Waals surface area contributed by atoms with Gasteiger partial charge in [-0.1, -0.05) is 0 Å². The van der Waals surface area contributed by atoms with E-state index in [1.165, 1.54) is 29.6 Å². The highest BCUT2D eigenvalue weighted by molar-refractivity contribution is 5.90. The van der Waals surface area contributed by atoms with Gasteiger partial charge in [-0.3, -0.25) is 9.78 Å². The van der Waals surface area contributed by atoms with E-state index in [0.717, 1.165) is 16.3 Å². The number of carbonyl (C=O) groups is 1. The van der Waals surface area contributed by atoms with Crippen LogP contribution in [0, 0.1) is 6.92 Å². The Labute approximate surface area is 200 Å². The molecule has 13 heteroatoms. The molecule has 0 saturated carbocycles. The van der Waals surface area contributed by atoms with Crippen molar-refractivity contribution in [2.75, 3.05) is 6.54 Å². The average molecular weight is 494 g/mol. The van der Waals surface area contributed by atoms with E-state index in [-0.39, 0.29) is 29.5 Å². The number of halogens is 3. The Bertz CT molecular complexity index is 1600. The summed E-state index contributed by atoms with van der Waals surface area (Å²) in [4.78, 5) is 26.6. The van der Waals surface area contributed by atoms with Crippen molar-refractivity contribution < 1.29 is 22.4 Å². The van der Waals surface area contributed by atoms with Crippen molar-refractivity contribution >= 4 is 11.4 Å². The number of hydrogen-bond acceptors (Lipinski definition) is 7. The molecule has 1 aliphatic heterocycles. The molecular weight excluding hydrogens is 477 g/mol. The van der Waals surface area contributed by atoms with Gasteiger partial charge in [0.25, 0.3) is 0 Å². The van der Waals surface area contributed by atoms with E-state index < -0.39 is 23.7 Å². The summed E-state index contributed by atoms with van der Waals surface area (Å²) in [7, 11) is 0. The van der Waals surface area contributed by atoms with Crippen molar-refractivity contribution in [3.05, 3.63) is 83.3 Å². The third-order valence-corrected chi connectivity index (χ3v) is 6.14. The highest BCUT2D eigenvalue weighted by atomic mass is 19.4. The summed E-state index contributed by atoms with van der Waals surface area (Å²) in [6.45, 7) is 2.02. The van der Waals surface area contributed by atoms with Gasteiger partial charge in [0, 0.05) is 36.7 Å². The molecule has 6 heterocycles. The molecule has 36 heavy (non-hydrogen) atoms. The molecule has 0 aromatic carbocycles. The van der Waals surface area contributed by atoms with Gasteiger partial charge in [0.1, 0.15) is 6.04 Å². The third-order valence-electron chi connectivity index (χ3n) is 6.14. The SMILES string of the molecule is Cc1ncccc1-c1nnc(C(=O)N2CCc3[nH]cnc3[C@@H]2c2cc3c(C(F)(F)F)cccn3n2)o1.